The first-order valence-electron chi connectivity index (χ1n) is 10.9. The molecule has 0 spiro atoms. The van der Waals surface area contributed by atoms with E-state index in [-0.39, 0.29) is 21.9 Å². The summed E-state index contributed by atoms with van der Waals surface area (Å²) < 4.78 is 55.6. The zero-order valence-corrected chi connectivity index (χ0v) is 20.0. The molecule has 0 amide bonds. The smallest absolute Gasteiger partial charge is 0.243 e. The predicted molar refractivity (Wildman–Crippen MR) is 121 cm³/mol. The van der Waals surface area contributed by atoms with Crippen LogP contribution in [0.3, 0.4) is 0 Å². The van der Waals surface area contributed by atoms with Crippen molar-refractivity contribution in [3.05, 3.63) is 42.7 Å². The van der Waals surface area contributed by atoms with Gasteiger partial charge in [-0.05, 0) is 57.0 Å². The number of rotatable bonds is 5. The third-order valence-electron chi connectivity index (χ3n) is 6.22. The Kier molecular flexibility index (Phi) is 6.53. The summed E-state index contributed by atoms with van der Waals surface area (Å²) in [5.41, 5.74) is 0. The van der Waals surface area contributed by atoms with Crippen LogP contribution in [0.1, 0.15) is 33.1 Å². The molecule has 3 heterocycles. The second kappa shape index (κ2) is 9.05. The molecule has 0 saturated carbocycles. The highest BCUT2D eigenvalue weighted by Crippen LogP contribution is 2.30. The second-order valence-corrected chi connectivity index (χ2v) is 12.2. The Morgan fingerprint density at radius 2 is 1.28 bits per heavy atom. The van der Waals surface area contributed by atoms with E-state index in [1.165, 1.54) is 28.6 Å². The fraction of sp³-hybridized carbons (Fsp3) is 0.524. The van der Waals surface area contributed by atoms with Crippen LogP contribution < -0.4 is 4.90 Å². The second-order valence-electron chi connectivity index (χ2n) is 8.38. The van der Waals surface area contributed by atoms with E-state index in [0.717, 1.165) is 19.3 Å². The maximum atomic E-state index is 13.2. The summed E-state index contributed by atoms with van der Waals surface area (Å²) in [6.07, 6.45) is 5.99. The van der Waals surface area contributed by atoms with Gasteiger partial charge in [-0.1, -0.05) is 6.42 Å². The van der Waals surface area contributed by atoms with Crippen molar-refractivity contribution in [2.75, 3.05) is 31.1 Å². The molecule has 2 aliphatic heterocycles. The molecule has 11 heteroatoms. The molecule has 1 aromatic carbocycles. The van der Waals surface area contributed by atoms with Crippen molar-refractivity contribution in [3.63, 3.8) is 0 Å². The summed E-state index contributed by atoms with van der Waals surface area (Å²) in [6, 6.07) is 7.20. The summed E-state index contributed by atoms with van der Waals surface area (Å²) in [5, 5.41) is 0. The average molecular weight is 480 g/mol. The average Bonchev–Trinajstić information content (AvgIpc) is 2.79. The number of hydrogen-bond acceptors (Lipinski definition) is 7. The molecule has 32 heavy (non-hydrogen) atoms. The molecule has 2 atom stereocenters. The SMILES string of the molecule is C[C@@H]1CCC[C@H](C)N1S(=O)(=O)c1ccc(S(=O)(=O)N2CCN(c3ncccn3)CC2)cc1. The van der Waals surface area contributed by atoms with Gasteiger partial charge in [0, 0.05) is 50.7 Å². The van der Waals surface area contributed by atoms with Gasteiger partial charge in [-0.3, -0.25) is 0 Å². The Morgan fingerprint density at radius 3 is 1.81 bits per heavy atom. The molecule has 2 aliphatic rings. The maximum Gasteiger partial charge on any atom is 0.243 e. The highest BCUT2D eigenvalue weighted by Gasteiger charge is 2.36. The normalized spacial score (nSPS) is 23.9. The minimum atomic E-state index is -3.72. The lowest BCUT2D eigenvalue weighted by atomic mass is 10.0. The van der Waals surface area contributed by atoms with Gasteiger partial charge in [0.1, 0.15) is 0 Å². The first-order valence-corrected chi connectivity index (χ1v) is 13.7. The predicted octanol–water partition coefficient (Wildman–Crippen LogP) is 1.94. The molecule has 0 aliphatic carbocycles. The first-order chi connectivity index (χ1) is 15.2. The molecule has 1 aromatic heterocycles. The van der Waals surface area contributed by atoms with E-state index in [4.69, 9.17) is 0 Å². The molecule has 2 saturated heterocycles. The van der Waals surface area contributed by atoms with Crippen LogP contribution in [-0.4, -0.2) is 73.7 Å². The van der Waals surface area contributed by atoms with Gasteiger partial charge in [-0.25, -0.2) is 26.8 Å². The van der Waals surface area contributed by atoms with Crippen LogP contribution >= 0.6 is 0 Å². The number of nitrogens with zero attached hydrogens (tertiary/aromatic N) is 5. The van der Waals surface area contributed by atoms with Crippen molar-refractivity contribution >= 4 is 26.0 Å². The van der Waals surface area contributed by atoms with Crippen molar-refractivity contribution in [1.29, 1.82) is 0 Å². The van der Waals surface area contributed by atoms with Gasteiger partial charge in [-0.15, -0.1) is 0 Å². The lowest BCUT2D eigenvalue weighted by Gasteiger charge is -2.37. The van der Waals surface area contributed by atoms with Crippen LogP contribution in [0, 0.1) is 0 Å². The lowest BCUT2D eigenvalue weighted by molar-refractivity contribution is 0.204. The third-order valence-corrected chi connectivity index (χ3v) is 10.3. The number of benzene rings is 1. The van der Waals surface area contributed by atoms with Crippen LogP contribution in [0.5, 0.6) is 0 Å². The zero-order valence-electron chi connectivity index (χ0n) is 18.3. The van der Waals surface area contributed by atoms with Crippen molar-refractivity contribution in [2.45, 2.75) is 55.0 Å². The Labute approximate surface area is 190 Å². The van der Waals surface area contributed by atoms with Crippen LogP contribution in [-0.2, 0) is 20.0 Å². The molecule has 4 rings (SSSR count). The molecule has 0 unspecified atom stereocenters. The number of piperazine rings is 1. The molecule has 2 aromatic rings. The molecule has 9 nitrogen and oxygen atoms in total. The molecular weight excluding hydrogens is 450 g/mol. The highest BCUT2D eigenvalue weighted by atomic mass is 32.2. The monoisotopic (exact) mass is 479 g/mol. The topological polar surface area (TPSA) is 104 Å². The van der Waals surface area contributed by atoms with Gasteiger partial charge in [-0.2, -0.15) is 8.61 Å². The fourth-order valence-electron chi connectivity index (χ4n) is 4.51. The van der Waals surface area contributed by atoms with Gasteiger partial charge >= 0.3 is 0 Å². The van der Waals surface area contributed by atoms with Crippen molar-refractivity contribution in [2.24, 2.45) is 0 Å². The van der Waals surface area contributed by atoms with Gasteiger partial charge in [0.2, 0.25) is 26.0 Å². The molecule has 0 radical (unpaired) electrons. The Balaban J connectivity index is 1.49. The third kappa shape index (κ3) is 4.39. The minimum absolute atomic E-state index is 0.0722. The summed E-state index contributed by atoms with van der Waals surface area (Å²) in [4.78, 5) is 10.6. The molecule has 0 N–H and O–H groups in total. The molecular formula is C21H29N5O4S2. The van der Waals surface area contributed by atoms with E-state index in [0.29, 0.717) is 32.1 Å². The van der Waals surface area contributed by atoms with Gasteiger partial charge in [0.15, 0.2) is 0 Å². The van der Waals surface area contributed by atoms with Crippen LogP contribution in [0.25, 0.3) is 0 Å². The number of anilines is 1. The number of hydrogen-bond donors (Lipinski definition) is 0. The zero-order chi connectivity index (χ0) is 22.9. The highest BCUT2D eigenvalue weighted by molar-refractivity contribution is 7.89. The summed E-state index contributed by atoms with van der Waals surface area (Å²) >= 11 is 0. The molecule has 0 bridgehead atoms. The van der Waals surface area contributed by atoms with Gasteiger partial charge in [0.25, 0.3) is 0 Å². The van der Waals surface area contributed by atoms with E-state index in [9.17, 15) is 16.8 Å². The van der Waals surface area contributed by atoms with E-state index in [2.05, 4.69) is 9.97 Å². The Morgan fingerprint density at radius 1 is 0.781 bits per heavy atom. The summed E-state index contributed by atoms with van der Waals surface area (Å²) in [7, 11) is -7.40. The van der Waals surface area contributed by atoms with E-state index < -0.39 is 20.0 Å². The van der Waals surface area contributed by atoms with Crippen molar-refractivity contribution < 1.29 is 16.8 Å². The van der Waals surface area contributed by atoms with Crippen molar-refractivity contribution in [3.8, 4) is 0 Å². The van der Waals surface area contributed by atoms with E-state index in [1.54, 1.807) is 22.8 Å². The lowest BCUT2D eigenvalue weighted by Crippen LogP contribution is -2.49. The molecule has 174 valence electrons. The number of aromatic nitrogens is 2. The van der Waals surface area contributed by atoms with E-state index in [1.807, 2.05) is 18.7 Å². The minimum Gasteiger partial charge on any atom is -0.338 e. The Bertz CT molecular complexity index is 1120. The van der Waals surface area contributed by atoms with Gasteiger partial charge in [0.05, 0.1) is 9.79 Å². The fourth-order valence-corrected chi connectivity index (χ4v) is 7.81. The van der Waals surface area contributed by atoms with Crippen molar-refractivity contribution in [1.82, 2.24) is 18.6 Å². The summed E-state index contributed by atoms with van der Waals surface area (Å²) in [6.45, 7) is 5.44. The largest absolute Gasteiger partial charge is 0.338 e. The van der Waals surface area contributed by atoms with Crippen LogP contribution in [0.15, 0.2) is 52.5 Å². The molecule has 2 fully saturated rings. The maximum absolute atomic E-state index is 13.2. The first kappa shape index (κ1) is 23.1. The van der Waals surface area contributed by atoms with Gasteiger partial charge < -0.3 is 4.90 Å². The number of piperidine rings is 1. The van der Waals surface area contributed by atoms with Crippen LogP contribution in [0.2, 0.25) is 0 Å². The standard InChI is InChI=1S/C21H29N5O4S2/c1-17-5-3-6-18(2)26(17)32(29,30)20-9-7-19(8-10-20)31(27,28)25-15-13-24(14-16-25)21-22-11-4-12-23-21/h4,7-12,17-18H,3,5-6,13-16H2,1-2H3/t17-,18+. The van der Waals surface area contributed by atoms with E-state index >= 15 is 0 Å². The quantitative estimate of drug-likeness (QED) is 0.645. The Hall–Kier alpha value is -2.08. The summed E-state index contributed by atoms with van der Waals surface area (Å²) in [5.74, 6) is 0.584. The van der Waals surface area contributed by atoms with Crippen LogP contribution in [0.4, 0.5) is 5.95 Å². The number of sulfonamides is 2.